The summed E-state index contributed by atoms with van der Waals surface area (Å²) in [6.07, 6.45) is 13.2. The molecule has 12 atom stereocenters. The zero-order valence-electron chi connectivity index (χ0n) is 38.0. The maximum absolute atomic E-state index is 11.6. The number of allylic oxidation sites excluding steroid dienone is 3. The number of aliphatic hydroxyl groups is 8. The van der Waals surface area contributed by atoms with Gasteiger partial charge in [0.2, 0.25) is 0 Å². The SMILES string of the molecule is CCC/C=C\C[C@@H](O[C@@H](/C=C/[C@H](C/C=C\CCCC(=O)OC)OC[C@H]1O[C@@H](OC[C@H](O)CO)[C@H](O)[C@@H](O)[C@H]1O)[C@@H](O)C/C=C\CCCCC)[C@@H](O)/C=C/[C@H](O)CCCCC(=O)OC. The Bertz CT molecular complexity index is 1320. The van der Waals surface area contributed by atoms with Gasteiger partial charge in [0.05, 0.1) is 64.6 Å². The molecular formula is C47H80O16. The van der Waals surface area contributed by atoms with Crippen molar-refractivity contribution in [1.29, 1.82) is 0 Å². The first-order chi connectivity index (χ1) is 30.3. The van der Waals surface area contributed by atoms with E-state index in [1.54, 1.807) is 12.2 Å². The first kappa shape index (κ1) is 58.2. The van der Waals surface area contributed by atoms with Crippen LogP contribution in [0.3, 0.4) is 0 Å². The van der Waals surface area contributed by atoms with E-state index in [1.165, 1.54) is 26.4 Å². The van der Waals surface area contributed by atoms with E-state index in [2.05, 4.69) is 18.6 Å². The van der Waals surface area contributed by atoms with Gasteiger partial charge in [-0.05, 0) is 70.6 Å². The van der Waals surface area contributed by atoms with Crippen LogP contribution in [0, 0.1) is 0 Å². The zero-order valence-corrected chi connectivity index (χ0v) is 38.0. The van der Waals surface area contributed by atoms with Crippen LogP contribution in [-0.2, 0) is 38.0 Å². The van der Waals surface area contributed by atoms with Gasteiger partial charge in [-0.25, -0.2) is 0 Å². The summed E-state index contributed by atoms with van der Waals surface area (Å²) in [5.74, 6) is -0.636. The smallest absolute Gasteiger partial charge is 0.305 e. The van der Waals surface area contributed by atoms with Crippen molar-refractivity contribution >= 4 is 11.9 Å². The second-order valence-electron chi connectivity index (χ2n) is 15.8. The molecule has 8 N–H and O–H groups in total. The van der Waals surface area contributed by atoms with Crippen LogP contribution in [0.2, 0.25) is 0 Å². The average Bonchev–Trinajstić information content (AvgIpc) is 3.28. The van der Waals surface area contributed by atoms with Crippen molar-refractivity contribution in [1.82, 2.24) is 0 Å². The number of ether oxygens (including phenoxy) is 6. The second-order valence-corrected chi connectivity index (χ2v) is 15.8. The number of aliphatic hydroxyl groups excluding tert-OH is 8. The third kappa shape index (κ3) is 26.7. The summed E-state index contributed by atoms with van der Waals surface area (Å²) in [4.78, 5) is 23.0. The predicted octanol–water partition coefficient (Wildman–Crippen LogP) is 3.79. The van der Waals surface area contributed by atoms with Gasteiger partial charge in [0.15, 0.2) is 6.29 Å². The fraction of sp³-hybridized carbons (Fsp3) is 0.745. The van der Waals surface area contributed by atoms with Crippen molar-refractivity contribution in [2.45, 2.75) is 190 Å². The predicted molar refractivity (Wildman–Crippen MR) is 237 cm³/mol. The van der Waals surface area contributed by atoms with Gasteiger partial charge in [-0.3, -0.25) is 9.59 Å². The summed E-state index contributed by atoms with van der Waals surface area (Å²) in [5, 5.41) is 84.4. The molecule has 0 aliphatic carbocycles. The Hall–Kier alpha value is -2.84. The van der Waals surface area contributed by atoms with E-state index in [4.69, 9.17) is 28.8 Å². The Kier molecular flexibility index (Phi) is 33.6. The minimum absolute atomic E-state index is 0.246. The Morgan fingerprint density at radius 1 is 0.683 bits per heavy atom. The van der Waals surface area contributed by atoms with E-state index in [-0.39, 0.29) is 44.2 Å². The van der Waals surface area contributed by atoms with Gasteiger partial charge < -0.3 is 69.3 Å². The Balaban J connectivity index is 3.44. The van der Waals surface area contributed by atoms with Crippen molar-refractivity contribution in [3.8, 4) is 0 Å². The van der Waals surface area contributed by atoms with E-state index in [1.807, 2.05) is 36.5 Å². The van der Waals surface area contributed by atoms with Gasteiger partial charge >= 0.3 is 11.9 Å². The molecule has 0 radical (unpaired) electrons. The van der Waals surface area contributed by atoms with Crippen LogP contribution in [0.4, 0.5) is 0 Å². The lowest BCUT2D eigenvalue weighted by molar-refractivity contribution is -0.307. The molecule has 0 bridgehead atoms. The van der Waals surface area contributed by atoms with Crippen LogP contribution >= 0.6 is 0 Å². The Morgan fingerprint density at radius 3 is 2.00 bits per heavy atom. The molecule has 1 saturated heterocycles. The van der Waals surface area contributed by atoms with Crippen molar-refractivity contribution < 1.29 is 78.9 Å². The van der Waals surface area contributed by atoms with E-state index < -0.39 is 86.6 Å². The molecule has 1 heterocycles. The molecule has 364 valence electrons. The van der Waals surface area contributed by atoms with Crippen molar-refractivity contribution in [3.05, 3.63) is 60.8 Å². The lowest BCUT2D eigenvalue weighted by atomic mass is 9.99. The molecule has 0 saturated carbocycles. The van der Waals surface area contributed by atoms with Crippen LogP contribution < -0.4 is 0 Å². The number of hydrogen-bond donors (Lipinski definition) is 8. The highest BCUT2D eigenvalue weighted by molar-refractivity contribution is 5.69. The van der Waals surface area contributed by atoms with Gasteiger partial charge in [0.25, 0.3) is 0 Å². The normalized spacial score (nSPS) is 23.1. The topological polar surface area (TPSA) is 251 Å². The number of rotatable bonds is 36. The fourth-order valence-electron chi connectivity index (χ4n) is 6.36. The molecule has 0 aromatic rings. The van der Waals surface area contributed by atoms with Gasteiger partial charge in [-0.2, -0.15) is 0 Å². The summed E-state index contributed by atoms with van der Waals surface area (Å²) in [6.45, 7) is 2.88. The summed E-state index contributed by atoms with van der Waals surface area (Å²) < 4.78 is 33.2. The number of methoxy groups -OCH3 is 2. The second kappa shape index (κ2) is 36.4. The number of unbranched alkanes of at least 4 members (excludes halogenated alkanes) is 6. The molecule has 0 amide bonds. The number of hydrogen-bond acceptors (Lipinski definition) is 16. The standard InChI is InChI=1S/C47H80O16/c1-5-7-9-11-12-16-23-37(51)40(62-39(24-17-10-8-6-2)38(52)29-27-34(49)21-19-20-26-43(54)59-4)30-28-36(22-15-13-14-18-25-42(53)58-3)60-33-41-44(55)45(56)46(57)47(63-41)61-32-35(50)31-48/h10,12-13,15-17,27-30,34-41,44-52,55-57H,5-9,11,14,18-26,31-33H2,1-4H3/b15-13-,16-12-,17-10-,29-27+,30-28+/t34-,35-,36+,37+,38+,39-,40+,41-,44+,45+,46-,47-/m1/s1. The highest BCUT2D eigenvalue weighted by atomic mass is 16.7. The molecule has 63 heavy (non-hydrogen) atoms. The quantitative estimate of drug-likeness (QED) is 0.0253. The van der Waals surface area contributed by atoms with Gasteiger partial charge in [-0.15, -0.1) is 0 Å². The molecular weight excluding hydrogens is 821 g/mol. The van der Waals surface area contributed by atoms with E-state index in [9.17, 15) is 45.3 Å². The third-order valence-electron chi connectivity index (χ3n) is 10.3. The third-order valence-corrected chi connectivity index (χ3v) is 10.3. The number of carbonyl (C=O) groups is 2. The molecule has 1 aliphatic rings. The molecule has 16 heteroatoms. The van der Waals surface area contributed by atoms with Crippen LogP contribution in [-0.4, -0.2) is 160 Å². The summed E-state index contributed by atoms with van der Waals surface area (Å²) >= 11 is 0. The van der Waals surface area contributed by atoms with E-state index in [0.29, 0.717) is 38.5 Å². The van der Waals surface area contributed by atoms with E-state index >= 15 is 0 Å². The Morgan fingerprint density at radius 2 is 1.33 bits per heavy atom. The first-order valence-electron chi connectivity index (χ1n) is 22.7. The molecule has 0 unspecified atom stereocenters. The minimum atomic E-state index is -1.67. The molecule has 0 aromatic heterocycles. The number of carbonyl (C=O) groups excluding carboxylic acids is 2. The zero-order chi connectivity index (χ0) is 46.8. The highest BCUT2D eigenvalue weighted by Gasteiger charge is 2.44. The molecule has 16 nitrogen and oxygen atoms in total. The summed E-state index contributed by atoms with van der Waals surface area (Å²) in [5.41, 5.74) is 0. The first-order valence-corrected chi connectivity index (χ1v) is 22.7. The number of esters is 2. The average molecular weight is 901 g/mol. The maximum Gasteiger partial charge on any atom is 0.305 e. The largest absolute Gasteiger partial charge is 0.469 e. The highest BCUT2D eigenvalue weighted by Crippen LogP contribution is 2.24. The molecule has 1 fully saturated rings. The van der Waals surface area contributed by atoms with Crippen LogP contribution in [0.1, 0.15) is 117 Å². The molecule has 0 spiro atoms. The van der Waals surface area contributed by atoms with Crippen molar-refractivity contribution in [2.75, 3.05) is 34.0 Å². The molecule has 1 aliphatic heterocycles. The fourth-order valence-corrected chi connectivity index (χ4v) is 6.36. The lowest BCUT2D eigenvalue weighted by Crippen LogP contribution is -2.59. The molecule has 0 aromatic carbocycles. The van der Waals surface area contributed by atoms with Crippen LogP contribution in [0.25, 0.3) is 0 Å². The minimum Gasteiger partial charge on any atom is -0.469 e. The monoisotopic (exact) mass is 901 g/mol. The summed E-state index contributed by atoms with van der Waals surface area (Å²) in [7, 11) is 2.66. The van der Waals surface area contributed by atoms with Gasteiger partial charge in [0, 0.05) is 12.8 Å². The molecule has 1 rings (SSSR count). The van der Waals surface area contributed by atoms with Gasteiger partial charge in [-0.1, -0.05) is 93.9 Å². The van der Waals surface area contributed by atoms with Gasteiger partial charge in [0.1, 0.15) is 36.6 Å². The van der Waals surface area contributed by atoms with Crippen molar-refractivity contribution in [3.63, 3.8) is 0 Å². The van der Waals surface area contributed by atoms with E-state index in [0.717, 1.165) is 38.5 Å². The van der Waals surface area contributed by atoms with Crippen molar-refractivity contribution in [2.24, 2.45) is 0 Å². The van der Waals surface area contributed by atoms with Crippen LogP contribution in [0.15, 0.2) is 60.8 Å². The summed E-state index contributed by atoms with van der Waals surface area (Å²) in [6, 6.07) is 0. The lowest BCUT2D eigenvalue weighted by Gasteiger charge is -2.40. The Labute approximate surface area is 374 Å². The maximum atomic E-state index is 11.6. The van der Waals surface area contributed by atoms with Crippen LogP contribution in [0.5, 0.6) is 0 Å².